The zero-order valence-corrected chi connectivity index (χ0v) is 11.4. The van der Waals surface area contributed by atoms with Gasteiger partial charge >= 0.3 is 0 Å². The molecule has 0 radical (unpaired) electrons. The second-order valence-electron chi connectivity index (χ2n) is 7.03. The minimum absolute atomic E-state index is 0.000208. The molecule has 2 nitrogen and oxygen atoms in total. The fourth-order valence-electron chi connectivity index (χ4n) is 2.81. The van der Waals surface area contributed by atoms with Crippen molar-refractivity contribution in [3.05, 3.63) is 0 Å². The van der Waals surface area contributed by atoms with E-state index in [1.165, 1.54) is 12.8 Å². The van der Waals surface area contributed by atoms with Crippen molar-refractivity contribution in [2.45, 2.75) is 65.9 Å². The van der Waals surface area contributed by atoms with Crippen LogP contribution >= 0.6 is 0 Å². The van der Waals surface area contributed by atoms with E-state index in [4.69, 9.17) is 5.73 Å². The second kappa shape index (κ2) is 5.05. The molecule has 3 N–H and O–H groups in total. The summed E-state index contributed by atoms with van der Waals surface area (Å²) in [6.45, 7) is 9.50. The average molecular weight is 227 g/mol. The van der Waals surface area contributed by atoms with Gasteiger partial charge in [-0.2, -0.15) is 0 Å². The lowest BCUT2D eigenvalue weighted by Gasteiger charge is -2.44. The number of nitrogens with two attached hydrogens (primary N) is 1. The Morgan fingerprint density at radius 2 is 1.81 bits per heavy atom. The van der Waals surface area contributed by atoms with Crippen LogP contribution in [0, 0.1) is 16.7 Å². The molecule has 16 heavy (non-hydrogen) atoms. The van der Waals surface area contributed by atoms with Gasteiger partial charge in [-0.15, -0.1) is 0 Å². The molecule has 0 spiro atoms. The number of hydrogen-bond acceptors (Lipinski definition) is 2. The van der Waals surface area contributed by atoms with Crippen LogP contribution in [0.3, 0.4) is 0 Å². The number of aliphatic hydroxyl groups is 1. The molecule has 1 aliphatic carbocycles. The van der Waals surface area contributed by atoms with Gasteiger partial charge in [0.15, 0.2) is 0 Å². The third kappa shape index (κ3) is 3.46. The minimum Gasteiger partial charge on any atom is -0.392 e. The van der Waals surface area contributed by atoms with Gasteiger partial charge in [0.2, 0.25) is 0 Å². The van der Waals surface area contributed by atoms with Crippen LogP contribution in [0.25, 0.3) is 0 Å². The lowest BCUT2D eigenvalue weighted by Crippen LogP contribution is -2.45. The summed E-state index contributed by atoms with van der Waals surface area (Å²) in [4.78, 5) is 0. The van der Waals surface area contributed by atoms with Gasteiger partial charge in [-0.05, 0) is 30.6 Å². The van der Waals surface area contributed by atoms with Crippen LogP contribution in [0.4, 0.5) is 0 Å². The molecule has 96 valence electrons. The molecule has 1 atom stereocenters. The molecule has 1 rings (SSSR count). The standard InChI is InChI=1S/C14H29NO/c1-11-5-7-14(10-15,8-6-11)12(16)9-13(2,3)4/h11-12,16H,5-10,15H2,1-4H3. The summed E-state index contributed by atoms with van der Waals surface area (Å²) in [6, 6.07) is 0. The maximum atomic E-state index is 10.5. The maximum absolute atomic E-state index is 10.5. The van der Waals surface area contributed by atoms with Crippen molar-refractivity contribution in [2.24, 2.45) is 22.5 Å². The van der Waals surface area contributed by atoms with E-state index in [0.717, 1.165) is 25.2 Å². The molecule has 0 bridgehead atoms. The lowest BCUT2D eigenvalue weighted by atomic mass is 9.65. The molecule has 1 aliphatic rings. The van der Waals surface area contributed by atoms with Gasteiger partial charge in [0.25, 0.3) is 0 Å². The molecule has 0 aromatic rings. The van der Waals surface area contributed by atoms with Crippen molar-refractivity contribution in [3.8, 4) is 0 Å². The van der Waals surface area contributed by atoms with E-state index in [9.17, 15) is 5.11 Å². The topological polar surface area (TPSA) is 46.2 Å². The Morgan fingerprint density at radius 3 is 2.19 bits per heavy atom. The van der Waals surface area contributed by atoms with Crippen LogP contribution in [0.5, 0.6) is 0 Å². The van der Waals surface area contributed by atoms with Gasteiger partial charge in [0.1, 0.15) is 0 Å². The van der Waals surface area contributed by atoms with Crippen molar-refractivity contribution >= 4 is 0 Å². The van der Waals surface area contributed by atoms with Crippen molar-refractivity contribution in [3.63, 3.8) is 0 Å². The largest absolute Gasteiger partial charge is 0.392 e. The molecular formula is C14H29NO. The van der Waals surface area contributed by atoms with Crippen LogP contribution in [-0.2, 0) is 0 Å². The number of rotatable bonds is 3. The van der Waals surface area contributed by atoms with Gasteiger partial charge in [-0.25, -0.2) is 0 Å². The van der Waals surface area contributed by atoms with Crippen molar-refractivity contribution in [1.82, 2.24) is 0 Å². The minimum atomic E-state index is -0.231. The van der Waals surface area contributed by atoms with E-state index in [-0.39, 0.29) is 16.9 Å². The van der Waals surface area contributed by atoms with E-state index >= 15 is 0 Å². The van der Waals surface area contributed by atoms with Crippen molar-refractivity contribution in [2.75, 3.05) is 6.54 Å². The van der Waals surface area contributed by atoms with Crippen molar-refractivity contribution < 1.29 is 5.11 Å². The normalized spacial score (nSPS) is 33.8. The first-order valence-electron chi connectivity index (χ1n) is 6.67. The zero-order chi connectivity index (χ0) is 12.4. The Labute approximate surface area is 101 Å². The molecule has 1 saturated carbocycles. The first kappa shape index (κ1) is 14.0. The summed E-state index contributed by atoms with van der Waals surface area (Å²) in [6.07, 6.45) is 5.27. The molecule has 2 heteroatoms. The van der Waals surface area contributed by atoms with Crippen LogP contribution < -0.4 is 5.73 Å². The average Bonchev–Trinajstić information content (AvgIpc) is 2.17. The predicted octanol–water partition coefficient (Wildman–Crippen LogP) is 2.94. The van der Waals surface area contributed by atoms with Crippen LogP contribution in [0.1, 0.15) is 59.8 Å². The van der Waals surface area contributed by atoms with E-state index in [1.54, 1.807) is 0 Å². The Bertz CT molecular complexity index is 211. The first-order chi connectivity index (χ1) is 7.29. The third-order valence-corrected chi connectivity index (χ3v) is 4.19. The fourth-order valence-corrected chi connectivity index (χ4v) is 2.81. The Hall–Kier alpha value is -0.0800. The van der Waals surface area contributed by atoms with Crippen LogP contribution in [0.15, 0.2) is 0 Å². The summed E-state index contributed by atoms with van der Waals surface area (Å²) >= 11 is 0. The van der Waals surface area contributed by atoms with Crippen LogP contribution in [-0.4, -0.2) is 17.8 Å². The Balaban J connectivity index is 2.65. The number of hydrogen-bond donors (Lipinski definition) is 2. The van der Waals surface area contributed by atoms with Gasteiger partial charge in [0.05, 0.1) is 6.10 Å². The fraction of sp³-hybridized carbons (Fsp3) is 1.00. The quantitative estimate of drug-likeness (QED) is 0.778. The maximum Gasteiger partial charge on any atom is 0.0613 e. The zero-order valence-electron chi connectivity index (χ0n) is 11.4. The molecule has 0 amide bonds. The molecule has 0 saturated heterocycles. The molecule has 0 aromatic carbocycles. The van der Waals surface area contributed by atoms with E-state index in [2.05, 4.69) is 27.7 Å². The second-order valence-corrected chi connectivity index (χ2v) is 7.03. The highest BCUT2D eigenvalue weighted by atomic mass is 16.3. The molecule has 1 unspecified atom stereocenters. The highest BCUT2D eigenvalue weighted by Gasteiger charge is 2.40. The summed E-state index contributed by atoms with van der Waals surface area (Å²) in [5.41, 5.74) is 6.13. The van der Waals surface area contributed by atoms with E-state index in [0.29, 0.717) is 6.54 Å². The highest BCUT2D eigenvalue weighted by molar-refractivity contribution is 4.92. The summed E-state index contributed by atoms with van der Waals surface area (Å²) in [7, 11) is 0. The van der Waals surface area contributed by atoms with Gasteiger partial charge in [-0.1, -0.05) is 40.5 Å². The first-order valence-corrected chi connectivity index (χ1v) is 6.67. The van der Waals surface area contributed by atoms with Gasteiger partial charge in [0, 0.05) is 12.0 Å². The van der Waals surface area contributed by atoms with Crippen LogP contribution in [0.2, 0.25) is 0 Å². The molecular weight excluding hydrogens is 198 g/mol. The summed E-state index contributed by atoms with van der Waals surface area (Å²) < 4.78 is 0. The van der Waals surface area contributed by atoms with Gasteiger partial charge in [-0.3, -0.25) is 0 Å². The van der Waals surface area contributed by atoms with E-state index in [1.807, 2.05) is 0 Å². The third-order valence-electron chi connectivity index (χ3n) is 4.19. The monoisotopic (exact) mass is 227 g/mol. The number of aliphatic hydroxyl groups excluding tert-OH is 1. The summed E-state index contributed by atoms with van der Waals surface area (Å²) in [5, 5.41) is 10.5. The molecule has 0 heterocycles. The smallest absolute Gasteiger partial charge is 0.0613 e. The SMILES string of the molecule is CC1CCC(CN)(C(O)CC(C)(C)C)CC1. The predicted molar refractivity (Wildman–Crippen MR) is 69.2 cm³/mol. The Kier molecular flexibility index (Phi) is 4.42. The lowest BCUT2D eigenvalue weighted by molar-refractivity contribution is -0.0288. The molecule has 0 aliphatic heterocycles. The molecule has 0 aromatic heterocycles. The van der Waals surface area contributed by atoms with Gasteiger partial charge < -0.3 is 10.8 Å². The molecule has 1 fully saturated rings. The van der Waals surface area contributed by atoms with E-state index < -0.39 is 0 Å². The Morgan fingerprint density at radius 1 is 1.31 bits per heavy atom. The summed E-state index contributed by atoms with van der Waals surface area (Å²) in [5.74, 6) is 0.807. The highest BCUT2D eigenvalue weighted by Crippen LogP contribution is 2.43. The van der Waals surface area contributed by atoms with Crippen molar-refractivity contribution in [1.29, 1.82) is 0 Å².